The Labute approximate surface area is 126 Å². The van der Waals surface area contributed by atoms with Gasteiger partial charge in [0.05, 0.1) is 15.1 Å². The zero-order chi connectivity index (χ0) is 13.4. The van der Waals surface area contributed by atoms with E-state index in [2.05, 4.69) is 21.2 Å². The van der Waals surface area contributed by atoms with Crippen LogP contribution in [0.2, 0.25) is 0 Å². The van der Waals surface area contributed by atoms with Gasteiger partial charge < -0.3 is 4.42 Å². The number of thiophene rings is 1. The lowest BCUT2D eigenvalue weighted by molar-refractivity contribution is 0.467. The Balaban J connectivity index is 1.62. The maximum absolute atomic E-state index is 5.65. The van der Waals surface area contributed by atoms with E-state index in [0.717, 1.165) is 19.4 Å². The summed E-state index contributed by atoms with van der Waals surface area (Å²) in [6.07, 6.45) is 0. The first kappa shape index (κ1) is 12.1. The predicted octanol–water partition coefficient (Wildman–Crippen LogP) is 4.56. The van der Waals surface area contributed by atoms with Crippen molar-refractivity contribution in [3.05, 3.63) is 41.8 Å². The SMILES string of the molecule is c1csc(-c2nnc(Sc3nc4ccccc4s3)o2)c1. The van der Waals surface area contributed by atoms with Crippen LogP contribution in [0, 0.1) is 0 Å². The standard InChI is InChI=1S/C13H7N3OS3/c1-2-5-9-8(4-1)14-13(19-9)20-12-16-15-11(17-12)10-6-3-7-18-10/h1-7H. The molecule has 0 atom stereocenters. The van der Waals surface area contributed by atoms with Gasteiger partial charge in [-0.3, -0.25) is 0 Å². The first-order chi connectivity index (χ1) is 9.88. The highest BCUT2D eigenvalue weighted by atomic mass is 32.2. The zero-order valence-electron chi connectivity index (χ0n) is 10.0. The van der Waals surface area contributed by atoms with E-state index in [9.17, 15) is 0 Å². The van der Waals surface area contributed by atoms with Gasteiger partial charge in [0.25, 0.3) is 11.1 Å². The predicted molar refractivity (Wildman–Crippen MR) is 81.4 cm³/mol. The van der Waals surface area contributed by atoms with Crippen LogP contribution in [0.1, 0.15) is 0 Å². The van der Waals surface area contributed by atoms with Gasteiger partial charge >= 0.3 is 0 Å². The van der Waals surface area contributed by atoms with Gasteiger partial charge in [-0.05, 0) is 23.6 Å². The fraction of sp³-hybridized carbons (Fsp3) is 0. The summed E-state index contributed by atoms with van der Waals surface area (Å²) in [7, 11) is 0. The molecule has 20 heavy (non-hydrogen) atoms. The van der Waals surface area contributed by atoms with Crippen LogP contribution in [0.15, 0.2) is 55.8 Å². The van der Waals surface area contributed by atoms with Crippen molar-refractivity contribution in [3.8, 4) is 10.8 Å². The highest BCUT2D eigenvalue weighted by Crippen LogP contribution is 2.35. The van der Waals surface area contributed by atoms with E-state index in [1.54, 1.807) is 22.7 Å². The van der Waals surface area contributed by atoms with Crippen LogP contribution < -0.4 is 0 Å². The molecule has 0 aliphatic carbocycles. The molecule has 4 nitrogen and oxygen atoms in total. The lowest BCUT2D eigenvalue weighted by Gasteiger charge is -1.87. The molecule has 98 valence electrons. The van der Waals surface area contributed by atoms with Gasteiger partial charge in [0.15, 0.2) is 4.34 Å². The minimum atomic E-state index is 0.521. The topological polar surface area (TPSA) is 51.8 Å². The highest BCUT2D eigenvalue weighted by Gasteiger charge is 2.13. The van der Waals surface area contributed by atoms with Crippen LogP contribution >= 0.6 is 34.4 Å². The molecule has 1 aromatic carbocycles. The second-order valence-electron chi connectivity index (χ2n) is 3.90. The van der Waals surface area contributed by atoms with Crippen LogP contribution in [0.25, 0.3) is 21.0 Å². The van der Waals surface area contributed by atoms with Gasteiger partial charge in [0.1, 0.15) is 0 Å². The van der Waals surface area contributed by atoms with Crippen molar-refractivity contribution in [2.45, 2.75) is 9.56 Å². The number of hydrogen-bond donors (Lipinski definition) is 0. The first-order valence-electron chi connectivity index (χ1n) is 5.79. The van der Waals surface area contributed by atoms with Crippen molar-refractivity contribution in [1.82, 2.24) is 15.2 Å². The molecule has 0 N–H and O–H groups in total. The third-order valence-electron chi connectivity index (χ3n) is 2.59. The summed E-state index contributed by atoms with van der Waals surface area (Å²) in [4.78, 5) is 5.52. The number of fused-ring (bicyclic) bond motifs is 1. The fourth-order valence-corrected chi connectivity index (χ4v) is 4.21. The molecule has 0 spiro atoms. The molecule has 0 fully saturated rings. The Hall–Kier alpha value is -1.70. The molecule has 0 aliphatic heterocycles. The summed E-state index contributed by atoms with van der Waals surface area (Å²) in [5, 5.41) is 10.6. The Bertz CT molecular complexity index is 818. The molecule has 4 rings (SSSR count). The van der Waals surface area contributed by atoms with Crippen LogP contribution in [-0.4, -0.2) is 15.2 Å². The normalized spacial score (nSPS) is 11.2. The summed E-state index contributed by atoms with van der Waals surface area (Å²) >= 11 is 4.61. The number of rotatable bonds is 3. The van der Waals surface area contributed by atoms with Crippen LogP contribution in [0.5, 0.6) is 0 Å². The number of benzene rings is 1. The van der Waals surface area contributed by atoms with Crippen molar-refractivity contribution in [1.29, 1.82) is 0 Å². The van der Waals surface area contributed by atoms with Gasteiger partial charge in [-0.25, -0.2) is 4.98 Å². The molecule has 0 saturated heterocycles. The fourth-order valence-electron chi connectivity index (χ4n) is 1.72. The number of thiazole rings is 1. The van der Waals surface area contributed by atoms with Gasteiger partial charge in [-0.2, -0.15) is 0 Å². The molecule has 0 aliphatic rings. The monoisotopic (exact) mass is 317 g/mol. The smallest absolute Gasteiger partial charge is 0.284 e. The summed E-state index contributed by atoms with van der Waals surface area (Å²) in [5.74, 6) is 0.559. The summed E-state index contributed by atoms with van der Waals surface area (Å²) < 4.78 is 7.72. The number of para-hydroxylation sites is 1. The van der Waals surface area contributed by atoms with E-state index in [1.807, 2.05) is 35.7 Å². The van der Waals surface area contributed by atoms with Crippen LogP contribution in [0.3, 0.4) is 0 Å². The minimum absolute atomic E-state index is 0.521. The number of aromatic nitrogens is 3. The van der Waals surface area contributed by atoms with Crippen LogP contribution in [0.4, 0.5) is 0 Å². The van der Waals surface area contributed by atoms with Crippen molar-refractivity contribution in [2.75, 3.05) is 0 Å². The van der Waals surface area contributed by atoms with Crippen LogP contribution in [-0.2, 0) is 0 Å². The van der Waals surface area contributed by atoms with E-state index in [0.29, 0.717) is 11.1 Å². The largest absolute Gasteiger partial charge is 0.410 e. The van der Waals surface area contributed by atoms with E-state index < -0.39 is 0 Å². The maximum atomic E-state index is 5.65. The molecule has 0 bridgehead atoms. The quantitative estimate of drug-likeness (QED) is 0.554. The summed E-state index contributed by atoms with van der Waals surface area (Å²) in [6.45, 7) is 0. The Morgan fingerprint density at radius 2 is 2.00 bits per heavy atom. The zero-order valence-corrected chi connectivity index (χ0v) is 12.5. The average Bonchev–Trinajstić information content (AvgIpc) is 3.18. The lowest BCUT2D eigenvalue weighted by atomic mass is 10.3. The lowest BCUT2D eigenvalue weighted by Crippen LogP contribution is -1.72. The van der Waals surface area contributed by atoms with E-state index in [4.69, 9.17) is 4.42 Å². The third-order valence-corrected chi connectivity index (χ3v) is 5.38. The van der Waals surface area contributed by atoms with Crippen molar-refractivity contribution >= 4 is 44.7 Å². The first-order valence-corrected chi connectivity index (χ1v) is 8.30. The van der Waals surface area contributed by atoms with Crippen molar-refractivity contribution < 1.29 is 4.42 Å². The third kappa shape index (κ3) is 2.24. The van der Waals surface area contributed by atoms with Crippen molar-refractivity contribution in [3.63, 3.8) is 0 Å². The molecule has 0 unspecified atom stereocenters. The number of hydrogen-bond acceptors (Lipinski definition) is 7. The Morgan fingerprint density at radius 3 is 2.85 bits per heavy atom. The molecule has 3 aromatic heterocycles. The van der Waals surface area contributed by atoms with Gasteiger partial charge in [-0.15, -0.1) is 32.9 Å². The van der Waals surface area contributed by atoms with Gasteiger partial charge in [0, 0.05) is 11.8 Å². The molecule has 7 heteroatoms. The van der Waals surface area contributed by atoms with E-state index >= 15 is 0 Å². The second-order valence-corrected chi connectivity index (χ2v) is 7.08. The summed E-state index contributed by atoms with van der Waals surface area (Å²) in [5.41, 5.74) is 0.998. The molecule has 0 radical (unpaired) electrons. The highest BCUT2D eigenvalue weighted by molar-refractivity contribution is 8.00. The average molecular weight is 317 g/mol. The van der Waals surface area contributed by atoms with E-state index in [1.165, 1.54) is 11.8 Å². The van der Waals surface area contributed by atoms with E-state index in [-0.39, 0.29) is 0 Å². The molecule has 3 heterocycles. The molecular weight excluding hydrogens is 310 g/mol. The van der Waals surface area contributed by atoms with Gasteiger partial charge in [-0.1, -0.05) is 18.2 Å². The minimum Gasteiger partial charge on any atom is -0.410 e. The second kappa shape index (κ2) is 5.01. The maximum Gasteiger partial charge on any atom is 0.284 e. The molecule has 4 aromatic rings. The molecule has 0 amide bonds. The molecular formula is C13H7N3OS3. The Kier molecular flexibility index (Phi) is 3.02. The Morgan fingerprint density at radius 1 is 1.05 bits per heavy atom. The number of nitrogens with zero attached hydrogens (tertiary/aromatic N) is 3. The van der Waals surface area contributed by atoms with Gasteiger partial charge in [0.2, 0.25) is 0 Å². The summed E-state index contributed by atoms with van der Waals surface area (Å²) in [6, 6.07) is 12.0. The van der Waals surface area contributed by atoms with Crippen molar-refractivity contribution in [2.24, 2.45) is 0 Å². The molecule has 0 saturated carbocycles.